The molecular weight excluding hydrogens is 254 g/mol. The van der Waals surface area contributed by atoms with Gasteiger partial charge in [-0.1, -0.05) is 24.8 Å². The monoisotopic (exact) mass is 267 g/mol. The zero-order valence-corrected chi connectivity index (χ0v) is 11.1. The van der Waals surface area contributed by atoms with E-state index in [4.69, 9.17) is 4.42 Å². The number of thiophene rings is 1. The Morgan fingerprint density at radius 3 is 2.84 bits per heavy atom. The van der Waals surface area contributed by atoms with Gasteiger partial charge in [-0.15, -0.1) is 11.3 Å². The lowest BCUT2D eigenvalue weighted by Crippen LogP contribution is -2.03. The molecular formula is C16H13NOS. The molecule has 0 amide bonds. The molecule has 3 heterocycles. The van der Waals surface area contributed by atoms with Crippen molar-refractivity contribution in [1.82, 2.24) is 4.98 Å². The molecule has 0 aromatic carbocycles. The van der Waals surface area contributed by atoms with E-state index in [9.17, 15) is 0 Å². The molecule has 0 aliphatic heterocycles. The fourth-order valence-electron chi connectivity index (χ4n) is 2.15. The van der Waals surface area contributed by atoms with Gasteiger partial charge in [-0.3, -0.25) is 4.98 Å². The van der Waals surface area contributed by atoms with Crippen LogP contribution in [0.3, 0.4) is 0 Å². The summed E-state index contributed by atoms with van der Waals surface area (Å²) >= 11 is 1.71. The van der Waals surface area contributed by atoms with E-state index in [2.05, 4.69) is 23.0 Å². The first-order valence-electron chi connectivity index (χ1n) is 6.04. The largest absolute Gasteiger partial charge is 0.468 e. The van der Waals surface area contributed by atoms with Crippen LogP contribution in [0, 0.1) is 0 Å². The van der Waals surface area contributed by atoms with Crippen LogP contribution in [0.25, 0.3) is 6.08 Å². The summed E-state index contributed by atoms with van der Waals surface area (Å²) in [6.45, 7) is 3.84. The molecule has 0 aliphatic rings. The summed E-state index contributed by atoms with van der Waals surface area (Å²) < 4.78 is 5.69. The predicted octanol–water partition coefficient (Wildman–Crippen LogP) is 4.56. The Kier molecular flexibility index (Phi) is 3.29. The van der Waals surface area contributed by atoms with Gasteiger partial charge in [0, 0.05) is 16.6 Å². The van der Waals surface area contributed by atoms with Crippen LogP contribution >= 0.6 is 11.3 Å². The Balaban J connectivity index is 2.15. The van der Waals surface area contributed by atoms with E-state index in [1.807, 2.05) is 42.6 Å². The standard InChI is InChI=1S/C16H13NOS/c1-2-12-8-10-18-16(12)15(14-7-5-11-19-14)13-6-3-4-9-17-13/h2-11,15H,1H2. The Hall–Kier alpha value is -2.13. The minimum absolute atomic E-state index is 0.0317. The second-order valence-electron chi connectivity index (χ2n) is 4.15. The van der Waals surface area contributed by atoms with Crippen molar-refractivity contribution in [3.63, 3.8) is 0 Å². The van der Waals surface area contributed by atoms with Gasteiger partial charge in [-0.05, 0) is 29.6 Å². The summed E-state index contributed by atoms with van der Waals surface area (Å²) in [5.41, 5.74) is 2.01. The molecule has 1 atom stereocenters. The third-order valence-corrected chi connectivity index (χ3v) is 3.96. The molecule has 0 fully saturated rings. The summed E-state index contributed by atoms with van der Waals surface area (Å²) in [5, 5.41) is 2.07. The molecule has 94 valence electrons. The normalized spacial score (nSPS) is 12.2. The summed E-state index contributed by atoms with van der Waals surface area (Å²) in [4.78, 5) is 5.70. The fraction of sp³-hybridized carbons (Fsp3) is 0.0625. The lowest BCUT2D eigenvalue weighted by molar-refractivity contribution is 0.501. The topological polar surface area (TPSA) is 26.0 Å². The molecule has 0 saturated heterocycles. The van der Waals surface area contributed by atoms with Gasteiger partial charge in [0.2, 0.25) is 0 Å². The van der Waals surface area contributed by atoms with E-state index in [0.29, 0.717) is 0 Å². The third kappa shape index (κ3) is 2.25. The van der Waals surface area contributed by atoms with Gasteiger partial charge >= 0.3 is 0 Å². The summed E-state index contributed by atoms with van der Waals surface area (Å²) in [7, 11) is 0. The molecule has 0 spiro atoms. The van der Waals surface area contributed by atoms with Crippen molar-refractivity contribution in [3.8, 4) is 0 Å². The molecule has 1 unspecified atom stereocenters. The average molecular weight is 267 g/mol. The molecule has 0 aliphatic carbocycles. The minimum Gasteiger partial charge on any atom is -0.468 e. The van der Waals surface area contributed by atoms with E-state index in [1.165, 1.54) is 4.88 Å². The highest BCUT2D eigenvalue weighted by molar-refractivity contribution is 7.10. The fourth-order valence-corrected chi connectivity index (χ4v) is 2.98. The molecule has 0 N–H and O–H groups in total. The summed E-state index contributed by atoms with van der Waals surface area (Å²) in [6.07, 6.45) is 5.34. The van der Waals surface area contributed by atoms with Gasteiger partial charge in [0.15, 0.2) is 0 Å². The van der Waals surface area contributed by atoms with Crippen molar-refractivity contribution in [2.75, 3.05) is 0 Å². The highest BCUT2D eigenvalue weighted by atomic mass is 32.1. The predicted molar refractivity (Wildman–Crippen MR) is 78.3 cm³/mol. The van der Waals surface area contributed by atoms with Gasteiger partial charge in [0.1, 0.15) is 5.76 Å². The van der Waals surface area contributed by atoms with Gasteiger partial charge in [0.05, 0.1) is 17.9 Å². The van der Waals surface area contributed by atoms with E-state index < -0.39 is 0 Å². The minimum atomic E-state index is 0.0317. The van der Waals surface area contributed by atoms with E-state index in [0.717, 1.165) is 17.0 Å². The number of pyridine rings is 1. The maximum Gasteiger partial charge on any atom is 0.125 e. The zero-order valence-electron chi connectivity index (χ0n) is 10.3. The number of hydrogen-bond acceptors (Lipinski definition) is 3. The summed E-state index contributed by atoms with van der Waals surface area (Å²) in [6, 6.07) is 12.0. The van der Waals surface area contributed by atoms with Gasteiger partial charge in [-0.2, -0.15) is 0 Å². The average Bonchev–Trinajstić information content (AvgIpc) is 3.12. The van der Waals surface area contributed by atoms with Crippen LogP contribution in [-0.4, -0.2) is 4.98 Å². The van der Waals surface area contributed by atoms with Crippen LogP contribution in [0.5, 0.6) is 0 Å². The second kappa shape index (κ2) is 5.24. The van der Waals surface area contributed by atoms with Gasteiger partial charge in [-0.25, -0.2) is 0 Å². The first-order chi connectivity index (χ1) is 9.40. The molecule has 3 aromatic heterocycles. The Morgan fingerprint density at radius 1 is 1.21 bits per heavy atom. The van der Waals surface area contributed by atoms with Crippen molar-refractivity contribution in [1.29, 1.82) is 0 Å². The van der Waals surface area contributed by atoms with Crippen molar-refractivity contribution in [2.24, 2.45) is 0 Å². The van der Waals surface area contributed by atoms with Crippen molar-refractivity contribution in [3.05, 3.63) is 82.7 Å². The van der Waals surface area contributed by atoms with Gasteiger partial charge in [0.25, 0.3) is 0 Å². The first kappa shape index (κ1) is 11.9. The first-order valence-corrected chi connectivity index (χ1v) is 6.92. The van der Waals surface area contributed by atoms with Crippen LogP contribution in [-0.2, 0) is 0 Å². The number of hydrogen-bond donors (Lipinski definition) is 0. The highest BCUT2D eigenvalue weighted by Crippen LogP contribution is 2.36. The number of nitrogens with zero attached hydrogens (tertiary/aromatic N) is 1. The SMILES string of the molecule is C=Cc1ccoc1C(c1ccccn1)c1cccs1. The van der Waals surface area contributed by atoms with E-state index in [-0.39, 0.29) is 5.92 Å². The lowest BCUT2D eigenvalue weighted by Gasteiger charge is -2.13. The third-order valence-electron chi connectivity index (χ3n) is 3.02. The lowest BCUT2D eigenvalue weighted by atomic mass is 9.96. The molecule has 2 nitrogen and oxygen atoms in total. The zero-order chi connectivity index (χ0) is 13.1. The number of aromatic nitrogens is 1. The maximum absolute atomic E-state index is 5.69. The Bertz CT molecular complexity index is 655. The Morgan fingerprint density at radius 2 is 2.16 bits per heavy atom. The number of furan rings is 1. The van der Waals surface area contributed by atoms with Crippen LogP contribution in [0.1, 0.15) is 27.8 Å². The van der Waals surface area contributed by atoms with Gasteiger partial charge < -0.3 is 4.42 Å². The summed E-state index contributed by atoms with van der Waals surface area (Å²) in [5.74, 6) is 0.931. The molecule has 0 saturated carbocycles. The Labute approximate surface area is 116 Å². The van der Waals surface area contributed by atoms with Crippen LogP contribution in [0.4, 0.5) is 0 Å². The molecule has 0 radical (unpaired) electrons. The highest BCUT2D eigenvalue weighted by Gasteiger charge is 2.23. The molecule has 3 aromatic rings. The van der Waals surface area contributed by atoms with Crippen LogP contribution < -0.4 is 0 Å². The molecule has 3 heteroatoms. The van der Waals surface area contributed by atoms with Crippen LogP contribution in [0.15, 0.2) is 65.2 Å². The van der Waals surface area contributed by atoms with E-state index >= 15 is 0 Å². The van der Waals surface area contributed by atoms with Crippen molar-refractivity contribution >= 4 is 17.4 Å². The van der Waals surface area contributed by atoms with Crippen molar-refractivity contribution < 1.29 is 4.42 Å². The van der Waals surface area contributed by atoms with Crippen LogP contribution in [0.2, 0.25) is 0 Å². The number of rotatable bonds is 4. The quantitative estimate of drug-likeness (QED) is 0.692. The second-order valence-corrected chi connectivity index (χ2v) is 5.13. The van der Waals surface area contributed by atoms with Crippen molar-refractivity contribution in [2.45, 2.75) is 5.92 Å². The molecule has 3 rings (SSSR count). The molecule has 0 bridgehead atoms. The smallest absolute Gasteiger partial charge is 0.125 e. The van der Waals surface area contributed by atoms with E-state index in [1.54, 1.807) is 17.6 Å². The molecule has 19 heavy (non-hydrogen) atoms. The maximum atomic E-state index is 5.69.